The third-order valence-corrected chi connectivity index (χ3v) is 7.98. The molecule has 2 saturated heterocycles. The number of likely N-dealkylation sites (tertiary alicyclic amines) is 1. The first-order chi connectivity index (χ1) is 17.4. The van der Waals surface area contributed by atoms with Gasteiger partial charge in [-0.2, -0.15) is 0 Å². The van der Waals surface area contributed by atoms with E-state index in [4.69, 9.17) is 9.47 Å². The zero-order valence-corrected chi connectivity index (χ0v) is 21.1. The zero-order chi connectivity index (χ0) is 25.3. The van der Waals surface area contributed by atoms with Gasteiger partial charge >= 0.3 is 6.09 Å². The van der Waals surface area contributed by atoms with Crippen molar-refractivity contribution in [1.29, 1.82) is 0 Å². The number of hydrogen-bond donors (Lipinski definition) is 1. The summed E-state index contributed by atoms with van der Waals surface area (Å²) in [5, 5.41) is 9.74. The van der Waals surface area contributed by atoms with E-state index in [2.05, 4.69) is 14.8 Å². The quantitative estimate of drug-likeness (QED) is 0.653. The third kappa shape index (κ3) is 4.74. The van der Waals surface area contributed by atoms with Crippen LogP contribution in [0.5, 0.6) is 5.75 Å². The minimum Gasteiger partial charge on any atom is -0.496 e. The molecule has 0 radical (unpaired) electrons. The lowest BCUT2D eigenvalue weighted by molar-refractivity contribution is -0.00294. The van der Waals surface area contributed by atoms with Gasteiger partial charge in [-0.1, -0.05) is 6.07 Å². The summed E-state index contributed by atoms with van der Waals surface area (Å²) in [6.45, 7) is 7.18. The number of aromatic nitrogens is 1. The van der Waals surface area contributed by atoms with E-state index in [1.807, 2.05) is 24.0 Å². The highest BCUT2D eigenvalue weighted by molar-refractivity contribution is 5.77. The molecule has 1 spiro atoms. The van der Waals surface area contributed by atoms with Gasteiger partial charge in [0.2, 0.25) is 0 Å². The predicted molar refractivity (Wildman–Crippen MR) is 135 cm³/mol. The maximum atomic E-state index is 14.2. The van der Waals surface area contributed by atoms with Gasteiger partial charge in [-0.25, -0.2) is 14.2 Å². The maximum absolute atomic E-state index is 14.2. The number of anilines is 1. The van der Waals surface area contributed by atoms with Crippen LogP contribution >= 0.6 is 0 Å². The Morgan fingerprint density at radius 2 is 2.00 bits per heavy atom. The molecule has 9 heteroatoms. The molecule has 2 aromatic rings. The molecule has 1 N–H and O–H groups in total. The van der Waals surface area contributed by atoms with Crippen LogP contribution < -0.4 is 9.64 Å². The van der Waals surface area contributed by atoms with Crippen molar-refractivity contribution >= 4 is 11.9 Å². The number of carbonyl (C=O) groups is 1. The van der Waals surface area contributed by atoms with Crippen LogP contribution in [0, 0.1) is 11.2 Å². The lowest BCUT2D eigenvalue weighted by atomic mass is 9.78. The summed E-state index contributed by atoms with van der Waals surface area (Å²) in [5.41, 5.74) is 2.42. The number of nitrogens with zero attached hydrogens (tertiary/aromatic N) is 4. The molecule has 0 bridgehead atoms. The van der Waals surface area contributed by atoms with Gasteiger partial charge in [-0.3, -0.25) is 4.90 Å². The molecule has 1 amide bonds. The van der Waals surface area contributed by atoms with Crippen LogP contribution in [-0.2, 0) is 11.3 Å². The number of rotatable bonds is 6. The number of halogens is 1. The fourth-order valence-corrected chi connectivity index (χ4v) is 6.15. The first kappa shape index (κ1) is 24.8. The van der Waals surface area contributed by atoms with E-state index < -0.39 is 0 Å². The van der Waals surface area contributed by atoms with Gasteiger partial charge in [-0.05, 0) is 49.9 Å². The molecule has 1 aromatic heterocycles. The summed E-state index contributed by atoms with van der Waals surface area (Å²) in [5.74, 6) is 0.978. The molecule has 1 aliphatic carbocycles. The van der Waals surface area contributed by atoms with E-state index >= 15 is 0 Å². The Hall–Kier alpha value is -2.91. The van der Waals surface area contributed by atoms with Crippen molar-refractivity contribution < 1.29 is 23.8 Å². The number of hydrogen-bond acceptors (Lipinski definition) is 7. The second kappa shape index (κ2) is 10.2. The molecule has 2 aliphatic heterocycles. The fraction of sp³-hybridized carbons (Fsp3) is 0.556. The zero-order valence-electron chi connectivity index (χ0n) is 21.1. The molecular weight excluding hydrogens is 463 g/mol. The van der Waals surface area contributed by atoms with Crippen LogP contribution in [0.1, 0.15) is 31.7 Å². The smallest absolute Gasteiger partial charge is 0.409 e. The van der Waals surface area contributed by atoms with Crippen molar-refractivity contribution in [2.24, 2.45) is 5.41 Å². The van der Waals surface area contributed by atoms with Crippen LogP contribution in [0.15, 0.2) is 30.5 Å². The molecule has 5 rings (SSSR count). The third-order valence-electron chi connectivity index (χ3n) is 7.98. The van der Waals surface area contributed by atoms with Crippen LogP contribution in [0.4, 0.5) is 15.0 Å². The van der Waals surface area contributed by atoms with Gasteiger partial charge in [-0.15, -0.1) is 0 Å². The molecule has 36 heavy (non-hydrogen) atoms. The van der Waals surface area contributed by atoms with Gasteiger partial charge in [0.1, 0.15) is 17.4 Å². The normalized spacial score (nSPS) is 21.5. The number of amides is 1. The SMILES string of the molecule is CCOC(=O)N1CC2(CC[C@@H](N3CCN(c4ncc(F)cc4-c4ccc(OC)c(CO)c4)CC3)C2)C1. The Morgan fingerprint density at radius 3 is 2.69 bits per heavy atom. The molecular formula is C27H35FN4O4. The minimum absolute atomic E-state index is 0.159. The standard InChI is InChI=1S/C27H35FN4O4/c1-3-36-26(34)32-17-27(18-32)7-6-22(14-27)30-8-10-31(11-9-30)25-23(13-21(28)15-29-25)19-4-5-24(35-2)20(12-19)16-33/h4-5,12-13,15,22,33H,3,6-11,14,16-18H2,1-2H3/t22-/m1/s1. The monoisotopic (exact) mass is 498 g/mol. The Kier molecular flexibility index (Phi) is 7.03. The Morgan fingerprint density at radius 1 is 1.22 bits per heavy atom. The fourth-order valence-electron chi connectivity index (χ4n) is 6.15. The lowest BCUT2D eigenvalue weighted by Gasteiger charge is -2.48. The highest BCUT2D eigenvalue weighted by Crippen LogP contribution is 2.47. The topological polar surface area (TPSA) is 78.4 Å². The van der Waals surface area contributed by atoms with E-state index in [1.54, 1.807) is 13.2 Å². The van der Waals surface area contributed by atoms with Gasteiger partial charge in [0.25, 0.3) is 0 Å². The summed E-state index contributed by atoms with van der Waals surface area (Å²) < 4.78 is 24.7. The van der Waals surface area contributed by atoms with Gasteiger partial charge < -0.3 is 24.4 Å². The van der Waals surface area contributed by atoms with E-state index in [-0.39, 0.29) is 23.9 Å². The summed E-state index contributed by atoms with van der Waals surface area (Å²) >= 11 is 0. The van der Waals surface area contributed by atoms with Crippen molar-refractivity contribution in [2.75, 3.05) is 57.9 Å². The number of methoxy groups -OCH3 is 1. The molecule has 3 fully saturated rings. The van der Waals surface area contributed by atoms with Crippen molar-refractivity contribution in [3.8, 4) is 16.9 Å². The summed E-state index contributed by atoms with van der Waals surface area (Å²) in [4.78, 5) is 23.1. The molecule has 0 unspecified atom stereocenters. The predicted octanol–water partition coefficient (Wildman–Crippen LogP) is 3.52. The average molecular weight is 499 g/mol. The average Bonchev–Trinajstić information content (AvgIpc) is 3.34. The maximum Gasteiger partial charge on any atom is 0.409 e. The number of ether oxygens (including phenoxy) is 2. The lowest BCUT2D eigenvalue weighted by Crippen LogP contribution is -2.58. The van der Waals surface area contributed by atoms with E-state index in [1.165, 1.54) is 12.3 Å². The first-order valence-electron chi connectivity index (χ1n) is 12.8. The van der Waals surface area contributed by atoms with Gasteiger partial charge in [0, 0.05) is 61.9 Å². The second-order valence-electron chi connectivity index (χ2n) is 10.2. The molecule has 1 saturated carbocycles. The molecule has 194 valence electrons. The molecule has 3 heterocycles. The van der Waals surface area contributed by atoms with E-state index in [0.29, 0.717) is 29.5 Å². The van der Waals surface area contributed by atoms with Crippen LogP contribution in [0.3, 0.4) is 0 Å². The van der Waals surface area contributed by atoms with Crippen molar-refractivity contribution in [2.45, 2.75) is 38.8 Å². The first-order valence-corrected chi connectivity index (χ1v) is 12.8. The summed E-state index contributed by atoms with van der Waals surface area (Å²) in [7, 11) is 1.57. The summed E-state index contributed by atoms with van der Waals surface area (Å²) in [6, 6.07) is 7.57. The van der Waals surface area contributed by atoms with Crippen molar-refractivity contribution in [1.82, 2.24) is 14.8 Å². The highest BCUT2D eigenvalue weighted by atomic mass is 19.1. The van der Waals surface area contributed by atoms with Crippen molar-refractivity contribution in [3.05, 3.63) is 41.8 Å². The van der Waals surface area contributed by atoms with Gasteiger partial charge in [0.15, 0.2) is 0 Å². The van der Waals surface area contributed by atoms with E-state index in [9.17, 15) is 14.3 Å². The molecule has 8 nitrogen and oxygen atoms in total. The number of pyridine rings is 1. The Labute approximate surface area is 211 Å². The summed E-state index contributed by atoms with van der Waals surface area (Å²) in [6.07, 6.45) is 4.52. The highest BCUT2D eigenvalue weighted by Gasteiger charge is 2.51. The number of piperazine rings is 1. The van der Waals surface area contributed by atoms with Crippen molar-refractivity contribution in [3.63, 3.8) is 0 Å². The number of benzene rings is 1. The second-order valence-corrected chi connectivity index (χ2v) is 10.2. The molecule has 1 aromatic carbocycles. The van der Waals surface area contributed by atoms with E-state index in [0.717, 1.165) is 69.9 Å². The Bertz CT molecular complexity index is 1100. The number of aliphatic hydroxyl groups excluding tert-OH is 1. The molecule has 1 atom stereocenters. The van der Waals surface area contributed by atoms with Gasteiger partial charge in [0.05, 0.1) is 26.5 Å². The largest absolute Gasteiger partial charge is 0.496 e. The molecule has 3 aliphatic rings. The van der Waals surface area contributed by atoms with Crippen LogP contribution in [0.25, 0.3) is 11.1 Å². The number of aliphatic hydroxyl groups is 1. The van der Waals surface area contributed by atoms with Crippen LogP contribution in [-0.4, -0.2) is 85.0 Å². The minimum atomic E-state index is -0.387. The van der Waals surface area contributed by atoms with Crippen LogP contribution in [0.2, 0.25) is 0 Å². The Balaban J connectivity index is 1.24. The number of carbonyl (C=O) groups excluding carboxylic acids is 1.